The molecule has 1 saturated heterocycles. The number of thioether (sulfide) groups is 1. The second-order valence-corrected chi connectivity index (χ2v) is 7.24. The van der Waals surface area contributed by atoms with Gasteiger partial charge in [-0.1, -0.05) is 30.3 Å². The Labute approximate surface area is 168 Å². The summed E-state index contributed by atoms with van der Waals surface area (Å²) in [5.41, 5.74) is 0.936. The summed E-state index contributed by atoms with van der Waals surface area (Å²) < 4.78 is 37.9. The molecule has 0 atom stereocenters. The van der Waals surface area contributed by atoms with Crippen molar-refractivity contribution < 1.29 is 27.6 Å². The number of benzene rings is 2. The van der Waals surface area contributed by atoms with Crippen LogP contribution in [0.15, 0.2) is 53.4 Å². The van der Waals surface area contributed by atoms with Crippen LogP contribution in [0.5, 0.6) is 0 Å². The molecule has 29 heavy (non-hydrogen) atoms. The maximum atomic E-state index is 12.6. The molecule has 0 unspecified atom stereocenters. The van der Waals surface area contributed by atoms with Gasteiger partial charge in [-0.05, 0) is 54.1 Å². The second kappa shape index (κ2) is 8.12. The topological polar surface area (TPSA) is 66.5 Å². The van der Waals surface area contributed by atoms with Crippen LogP contribution in [0.1, 0.15) is 16.7 Å². The van der Waals surface area contributed by atoms with Gasteiger partial charge < -0.3 is 5.32 Å². The molecule has 5 nitrogen and oxygen atoms in total. The van der Waals surface area contributed by atoms with Crippen LogP contribution in [0.3, 0.4) is 0 Å². The molecule has 2 aromatic carbocycles. The summed E-state index contributed by atoms with van der Waals surface area (Å²) in [7, 11) is 0. The number of nitrogens with one attached hydrogen (secondary N) is 1. The van der Waals surface area contributed by atoms with Gasteiger partial charge in [0.1, 0.15) is 6.54 Å². The highest BCUT2D eigenvalue weighted by molar-refractivity contribution is 8.18. The highest BCUT2D eigenvalue weighted by Crippen LogP contribution is 2.33. The highest BCUT2D eigenvalue weighted by Gasteiger charge is 2.36. The molecule has 9 heteroatoms. The largest absolute Gasteiger partial charge is 0.416 e. The third kappa shape index (κ3) is 4.86. The van der Waals surface area contributed by atoms with Crippen molar-refractivity contribution in [1.82, 2.24) is 4.90 Å². The van der Waals surface area contributed by atoms with Gasteiger partial charge in [-0.2, -0.15) is 13.2 Å². The van der Waals surface area contributed by atoms with E-state index in [0.29, 0.717) is 23.0 Å². The summed E-state index contributed by atoms with van der Waals surface area (Å²) in [6.07, 6.45) is -3.13. The summed E-state index contributed by atoms with van der Waals surface area (Å²) in [5, 5.41) is 2.03. The minimum atomic E-state index is -4.46. The number of amides is 3. The lowest BCUT2D eigenvalue weighted by Crippen LogP contribution is -2.36. The molecule has 0 bridgehead atoms. The van der Waals surface area contributed by atoms with E-state index in [4.69, 9.17) is 0 Å². The van der Waals surface area contributed by atoms with E-state index in [1.54, 1.807) is 12.1 Å². The Bertz CT molecular complexity index is 1000. The number of imide groups is 1. The van der Waals surface area contributed by atoms with Crippen molar-refractivity contribution in [3.63, 3.8) is 0 Å². The molecule has 0 aromatic heterocycles. The lowest BCUT2D eigenvalue weighted by atomic mass is 10.1. The Kier molecular flexibility index (Phi) is 5.78. The van der Waals surface area contributed by atoms with Crippen molar-refractivity contribution in [1.29, 1.82) is 0 Å². The molecular weight excluding hydrogens is 405 g/mol. The van der Waals surface area contributed by atoms with E-state index in [1.165, 1.54) is 18.2 Å². The van der Waals surface area contributed by atoms with Crippen molar-refractivity contribution in [3.8, 4) is 0 Å². The standard InChI is InChI=1S/C20H15F3N2O3S/c1-12-4-2-3-5-15(12)24-17(26)11-25-18(27)16(29-19(25)28)10-13-6-8-14(9-7-13)20(21,22)23/h2-10H,11H2,1H3,(H,24,26)/b16-10-. The van der Waals surface area contributed by atoms with E-state index >= 15 is 0 Å². The zero-order chi connectivity index (χ0) is 21.2. The van der Waals surface area contributed by atoms with Gasteiger partial charge in [-0.25, -0.2) is 0 Å². The van der Waals surface area contributed by atoms with Gasteiger partial charge in [0.25, 0.3) is 11.1 Å². The second-order valence-electron chi connectivity index (χ2n) is 6.25. The molecule has 1 heterocycles. The molecule has 1 N–H and O–H groups in total. The van der Waals surface area contributed by atoms with Gasteiger partial charge in [-0.3, -0.25) is 19.3 Å². The van der Waals surface area contributed by atoms with E-state index in [1.807, 2.05) is 19.1 Å². The number of carbonyl (C=O) groups excluding carboxylic acids is 3. The lowest BCUT2D eigenvalue weighted by Gasteiger charge is -2.13. The number of hydrogen-bond donors (Lipinski definition) is 1. The fourth-order valence-corrected chi connectivity index (χ4v) is 3.44. The quantitative estimate of drug-likeness (QED) is 0.729. The predicted molar refractivity (Wildman–Crippen MR) is 104 cm³/mol. The number of anilines is 1. The van der Waals surface area contributed by atoms with Crippen molar-refractivity contribution in [3.05, 3.63) is 70.1 Å². The fraction of sp³-hybridized carbons (Fsp3) is 0.150. The number of alkyl halides is 3. The van der Waals surface area contributed by atoms with Crippen LogP contribution >= 0.6 is 11.8 Å². The predicted octanol–water partition coefficient (Wildman–Crippen LogP) is 4.69. The van der Waals surface area contributed by atoms with E-state index in [0.717, 1.165) is 22.6 Å². The monoisotopic (exact) mass is 420 g/mol. The Balaban J connectivity index is 1.70. The maximum absolute atomic E-state index is 12.6. The molecule has 3 amide bonds. The SMILES string of the molecule is Cc1ccccc1NC(=O)CN1C(=O)S/C(=C\c2ccc(C(F)(F)F)cc2)C1=O. The van der Waals surface area contributed by atoms with Crippen LogP contribution in [0.25, 0.3) is 6.08 Å². The number of para-hydroxylation sites is 1. The molecule has 3 rings (SSSR count). The molecule has 2 aromatic rings. The average Bonchev–Trinajstić information content (AvgIpc) is 2.91. The molecular formula is C20H15F3N2O3S. The van der Waals surface area contributed by atoms with E-state index in [2.05, 4.69) is 5.32 Å². The summed E-state index contributed by atoms with van der Waals surface area (Å²) in [5.74, 6) is -1.20. The van der Waals surface area contributed by atoms with Gasteiger partial charge in [0.05, 0.1) is 10.5 Å². The number of hydrogen-bond acceptors (Lipinski definition) is 4. The van der Waals surface area contributed by atoms with Crippen LogP contribution in [0.4, 0.5) is 23.7 Å². The van der Waals surface area contributed by atoms with Gasteiger partial charge in [0.15, 0.2) is 0 Å². The van der Waals surface area contributed by atoms with E-state index in [-0.39, 0.29) is 4.91 Å². The van der Waals surface area contributed by atoms with Gasteiger partial charge in [-0.15, -0.1) is 0 Å². The molecule has 150 valence electrons. The highest BCUT2D eigenvalue weighted by atomic mass is 32.2. The minimum absolute atomic E-state index is 0.0402. The Morgan fingerprint density at radius 1 is 1.10 bits per heavy atom. The summed E-state index contributed by atoms with van der Waals surface area (Å²) >= 11 is 0.634. The number of aryl methyl sites for hydroxylation is 1. The fourth-order valence-electron chi connectivity index (χ4n) is 2.60. The smallest absolute Gasteiger partial charge is 0.324 e. The van der Waals surface area contributed by atoms with Crippen molar-refractivity contribution in [2.24, 2.45) is 0 Å². The van der Waals surface area contributed by atoms with Gasteiger partial charge in [0, 0.05) is 5.69 Å². The third-order valence-corrected chi connectivity index (χ3v) is 5.04. The van der Waals surface area contributed by atoms with Crippen molar-refractivity contribution in [2.45, 2.75) is 13.1 Å². The first-order valence-corrected chi connectivity index (χ1v) is 9.25. The average molecular weight is 420 g/mol. The number of nitrogens with zero attached hydrogens (tertiary/aromatic N) is 1. The third-order valence-electron chi connectivity index (χ3n) is 4.13. The minimum Gasteiger partial charge on any atom is -0.324 e. The Morgan fingerprint density at radius 2 is 1.76 bits per heavy atom. The lowest BCUT2D eigenvalue weighted by molar-refractivity contribution is -0.137. The van der Waals surface area contributed by atoms with Crippen molar-refractivity contribution in [2.75, 3.05) is 11.9 Å². The zero-order valence-electron chi connectivity index (χ0n) is 15.1. The van der Waals surface area contributed by atoms with Gasteiger partial charge >= 0.3 is 6.18 Å². The molecule has 0 spiro atoms. The summed E-state index contributed by atoms with van der Waals surface area (Å²) in [4.78, 5) is 37.6. The number of halogens is 3. The molecule has 0 aliphatic carbocycles. The first-order valence-electron chi connectivity index (χ1n) is 8.43. The molecule has 1 fully saturated rings. The van der Waals surface area contributed by atoms with Crippen LogP contribution in [0, 0.1) is 6.92 Å². The van der Waals surface area contributed by atoms with Crippen LogP contribution in [-0.4, -0.2) is 28.5 Å². The molecule has 0 saturated carbocycles. The summed E-state index contributed by atoms with van der Waals surface area (Å²) in [6.45, 7) is 1.35. The molecule has 1 aliphatic rings. The van der Waals surface area contributed by atoms with Crippen LogP contribution < -0.4 is 5.32 Å². The van der Waals surface area contributed by atoms with E-state index < -0.39 is 35.3 Å². The number of rotatable bonds is 4. The Morgan fingerprint density at radius 3 is 2.38 bits per heavy atom. The molecule has 1 aliphatic heterocycles. The maximum Gasteiger partial charge on any atom is 0.416 e. The van der Waals surface area contributed by atoms with Crippen LogP contribution in [-0.2, 0) is 15.8 Å². The summed E-state index contributed by atoms with van der Waals surface area (Å²) in [6, 6.07) is 11.3. The zero-order valence-corrected chi connectivity index (χ0v) is 15.9. The molecule has 0 radical (unpaired) electrons. The van der Waals surface area contributed by atoms with Crippen molar-refractivity contribution >= 4 is 40.6 Å². The first-order chi connectivity index (χ1) is 13.6. The van der Waals surface area contributed by atoms with E-state index in [9.17, 15) is 27.6 Å². The first kappa shape index (κ1) is 20.7. The van der Waals surface area contributed by atoms with Gasteiger partial charge in [0.2, 0.25) is 5.91 Å². The number of carbonyl (C=O) groups is 3. The Hall–Kier alpha value is -3.07. The normalized spacial score (nSPS) is 15.9. The van der Waals surface area contributed by atoms with Crippen LogP contribution in [0.2, 0.25) is 0 Å².